The monoisotopic (exact) mass is 372 g/mol. The van der Waals surface area contributed by atoms with E-state index in [9.17, 15) is 12.8 Å². The van der Waals surface area contributed by atoms with Crippen LogP contribution >= 0.6 is 15.9 Å². The molecule has 0 saturated carbocycles. The number of aryl methyl sites for hydroxylation is 1. The third-order valence-corrected chi connectivity index (χ3v) is 5.29. The van der Waals surface area contributed by atoms with Gasteiger partial charge in [0.05, 0.1) is 10.6 Å². The third kappa shape index (κ3) is 3.19. The van der Waals surface area contributed by atoms with Crippen LogP contribution in [0.1, 0.15) is 11.1 Å². The Morgan fingerprint density at radius 3 is 2.57 bits per heavy atom. The Morgan fingerprint density at radius 1 is 1.24 bits per heavy atom. The van der Waals surface area contributed by atoms with Crippen LogP contribution in [0.2, 0.25) is 0 Å². The summed E-state index contributed by atoms with van der Waals surface area (Å²) in [5.41, 5.74) is 7.03. The molecule has 0 heterocycles. The second-order valence-electron chi connectivity index (χ2n) is 4.66. The number of sulfonamides is 1. The molecule has 0 aliphatic heterocycles. The lowest BCUT2D eigenvalue weighted by Crippen LogP contribution is -2.15. The molecule has 4 nitrogen and oxygen atoms in total. The zero-order chi connectivity index (χ0) is 15.8. The van der Waals surface area contributed by atoms with Gasteiger partial charge >= 0.3 is 0 Å². The summed E-state index contributed by atoms with van der Waals surface area (Å²) in [6.45, 7) is 3.17. The highest BCUT2D eigenvalue weighted by atomic mass is 79.9. The van der Waals surface area contributed by atoms with Crippen LogP contribution in [0.15, 0.2) is 39.7 Å². The minimum Gasteiger partial charge on any atom is -0.398 e. The Balaban J connectivity index is 2.48. The zero-order valence-corrected chi connectivity index (χ0v) is 13.8. The Hall–Kier alpha value is -1.60. The van der Waals surface area contributed by atoms with Crippen molar-refractivity contribution >= 4 is 37.3 Å². The number of halogens is 2. The molecule has 0 aliphatic carbocycles. The van der Waals surface area contributed by atoms with Crippen molar-refractivity contribution in [3.8, 4) is 0 Å². The molecular formula is C14H14BrFN2O2S. The zero-order valence-electron chi connectivity index (χ0n) is 11.4. The normalized spacial score (nSPS) is 11.4. The number of hydrogen-bond acceptors (Lipinski definition) is 3. The van der Waals surface area contributed by atoms with Crippen LogP contribution in [0, 0.1) is 19.7 Å². The minimum absolute atomic E-state index is 0.0619. The van der Waals surface area contributed by atoms with Crippen molar-refractivity contribution in [2.45, 2.75) is 18.7 Å². The first-order valence-electron chi connectivity index (χ1n) is 6.06. The van der Waals surface area contributed by atoms with Gasteiger partial charge in [-0.25, -0.2) is 12.8 Å². The SMILES string of the molecule is Cc1cc(Br)c(N)cc1S(=O)(=O)Nc1cccc(F)c1C. The predicted octanol–water partition coefficient (Wildman–Crippen LogP) is 3.59. The first kappa shape index (κ1) is 15.8. The molecule has 0 radical (unpaired) electrons. The van der Waals surface area contributed by atoms with Crippen LogP contribution in [0.25, 0.3) is 0 Å². The Labute approximate surface area is 131 Å². The average Bonchev–Trinajstić information content (AvgIpc) is 2.39. The number of rotatable bonds is 3. The van der Waals surface area contributed by atoms with E-state index in [0.29, 0.717) is 15.7 Å². The highest BCUT2D eigenvalue weighted by molar-refractivity contribution is 9.10. The lowest BCUT2D eigenvalue weighted by atomic mass is 10.2. The lowest BCUT2D eigenvalue weighted by Gasteiger charge is -2.13. The van der Waals surface area contributed by atoms with E-state index in [4.69, 9.17) is 5.73 Å². The first-order chi connectivity index (χ1) is 9.72. The molecule has 0 atom stereocenters. The first-order valence-corrected chi connectivity index (χ1v) is 8.33. The van der Waals surface area contributed by atoms with E-state index in [-0.39, 0.29) is 16.1 Å². The molecule has 2 aromatic carbocycles. The van der Waals surface area contributed by atoms with Crippen molar-refractivity contribution < 1.29 is 12.8 Å². The standard InChI is InChI=1S/C14H14BrFN2O2S/c1-8-6-10(15)12(17)7-14(8)21(19,20)18-13-5-3-4-11(16)9(13)2/h3-7,18H,17H2,1-2H3. The summed E-state index contributed by atoms with van der Waals surface area (Å²) in [6, 6.07) is 7.23. The van der Waals surface area contributed by atoms with Crippen LogP contribution in [-0.2, 0) is 10.0 Å². The van der Waals surface area contributed by atoms with Crippen LogP contribution in [0.4, 0.5) is 15.8 Å². The van der Waals surface area contributed by atoms with Gasteiger partial charge in [0.2, 0.25) is 0 Å². The van der Waals surface area contributed by atoms with Crippen molar-refractivity contribution in [2.75, 3.05) is 10.5 Å². The quantitative estimate of drug-likeness (QED) is 0.808. The van der Waals surface area contributed by atoms with Crippen molar-refractivity contribution in [3.63, 3.8) is 0 Å². The molecule has 3 N–H and O–H groups in total. The van der Waals surface area contributed by atoms with E-state index in [1.165, 1.54) is 31.2 Å². The Bertz CT molecular complexity index is 807. The molecule has 0 aliphatic rings. The second kappa shape index (κ2) is 5.65. The largest absolute Gasteiger partial charge is 0.398 e. The predicted molar refractivity (Wildman–Crippen MR) is 85.2 cm³/mol. The number of nitrogens with one attached hydrogen (secondary N) is 1. The number of nitrogens with two attached hydrogens (primary N) is 1. The van der Waals surface area contributed by atoms with Crippen molar-refractivity contribution in [3.05, 3.63) is 51.7 Å². The number of hydrogen-bond donors (Lipinski definition) is 2. The van der Waals surface area contributed by atoms with E-state index in [1.54, 1.807) is 13.0 Å². The molecule has 21 heavy (non-hydrogen) atoms. The fourth-order valence-electron chi connectivity index (χ4n) is 1.88. The summed E-state index contributed by atoms with van der Waals surface area (Å²) in [5.74, 6) is -0.470. The van der Waals surface area contributed by atoms with Gasteiger partial charge in [0.1, 0.15) is 5.82 Å². The second-order valence-corrected chi connectivity index (χ2v) is 7.16. The van der Waals surface area contributed by atoms with E-state index >= 15 is 0 Å². The van der Waals surface area contributed by atoms with E-state index < -0.39 is 15.8 Å². The van der Waals surface area contributed by atoms with Crippen LogP contribution in [0.3, 0.4) is 0 Å². The number of anilines is 2. The smallest absolute Gasteiger partial charge is 0.262 e. The van der Waals surface area contributed by atoms with Gasteiger partial charge in [-0.05, 0) is 59.6 Å². The van der Waals surface area contributed by atoms with Gasteiger partial charge in [0, 0.05) is 15.7 Å². The molecule has 0 saturated heterocycles. The topological polar surface area (TPSA) is 72.2 Å². The molecule has 0 spiro atoms. The summed E-state index contributed by atoms with van der Waals surface area (Å²) in [5, 5.41) is 0. The van der Waals surface area contributed by atoms with E-state index in [2.05, 4.69) is 20.7 Å². The van der Waals surface area contributed by atoms with Crippen LogP contribution in [0.5, 0.6) is 0 Å². The molecule has 0 aromatic heterocycles. The fraction of sp³-hybridized carbons (Fsp3) is 0.143. The van der Waals surface area contributed by atoms with Gasteiger partial charge in [-0.3, -0.25) is 4.72 Å². The van der Waals surface area contributed by atoms with Gasteiger partial charge in [0.25, 0.3) is 10.0 Å². The minimum atomic E-state index is -3.84. The molecule has 0 fully saturated rings. The summed E-state index contributed by atoms with van der Waals surface area (Å²) in [6.07, 6.45) is 0. The summed E-state index contributed by atoms with van der Waals surface area (Å²) in [7, 11) is -3.84. The molecule has 0 bridgehead atoms. The average molecular weight is 373 g/mol. The molecule has 2 aromatic rings. The highest BCUT2D eigenvalue weighted by Crippen LogP contribution is 2.28. The molecule has 7 heteroatoms. The lowest BCUT2D eigenvalue weighted by molar-refractivity contribution is 0.600. The van der Waals surface area contributed by atoms with Gasteiger partial charge < -0.3 is 5.73 Å². The van der Waals surface area contributed by atoms with Gasteiger partial charge in [0.15, 0.2) is 0 Å². The van der Waals surface area contributed by atoms with Gasteiger partial charge in [-0.15, -0.1) is 0 Å². The van der Waals surface area contributed by atoms with Crippen LogP contribution < -0.4 is 10.5 Å². The van der Waals surface area contributed by atoms with Gasteiger partial charge in [-0.2, -0.15) is 0 Å². The maximum atomic E-state index is 13.5. The third-order valence-electron chi connectivity index (χ3n) is 3.10. The molecule has 2 rings (SSSR count). The fourth-order valence-corrected chi connectivity index (χ4v) is 3.72. The van der Waals surface area contributed by atoms with Crippen molar-refractivity contribution in [1.29, 1.82) is 0 Å². The molecule has 0 amide bonds. The number of nitrogen functional groups attached to an aromatic ring is 1. The Kier molecular flexibility index (Phi) is 4.25. The Morgan fingerprint density at radius 2 is 1.90 bits per heavy atom. The highest BCUT2D eigenvalue weighted by Gasteiger charge is 2.19. The van der Waals surface area contributed by atoms with Crippen molar-refractivity contribution in [1.82, 2.24) is 0 Å². The van der Waals surface area contributed by atoms with Crippen LogP contribution in [-0.4, -0.2) is 8.42 Å². The van der Waals surface area contributed by atoms with Crippen molar-refractivity contribution in [2.24, 2.45) is 0 Å². The summed E-state index contributed by atoms with van der Waals surface area (Å²) >= 11 is 3.25. The maximum Gasteiger partial charge on any atom is 0.262 e. The molecule has 112 valence electrons. The van der Waals surface area contributed by atoms with E-state index in [1.807, 2.05) is 0 Å². The molecular weight excluding hydrogens is 359 g/mol. The summed E-state index contributed by atoms with van der Waals surface area (Å²) in [4.78, 5) is 0.0619. The van der Waals surface area contributed by atoms with E-state index in [0.717, 1.165) is 0 Å². The maximum absolute atomic E-state index is 13.5. The number of benzene rings is 2. The molecule has 0 unspecified atom stereocenters. The van der Waals surface area contributed by atoms with Gasteiger partial charge in [-0.1, -0.05) is 6.07 Å². The summed E-state index contributed by atoms with van der Waals surface area (Å²) < 4.78 is 41.4.